The second kappa shape index (κ2) is 7.93. The summed E-state index contributed by atoms with van der Waals surface area (Å²) in [5.41, 5.74) is 1.80. The Balaban J connectivity index is 1.67. The van der Waals surface area contributed by atoms with Gasteiger partial charge in [0.25, 0.3) is 11.8 Å². The molecule has 0 radical (unpaired) electrons. The number of urea groups is 1. The van der Waals surface area contributed by atoms with Crippen molar-refractivity contribution >= 4 is 57.1 Å². The van der Waals surface area contributed by atoms with Gasteiger partial charge in [0.05, 0.1) is 5.69 Å². The van der Waals surface area contributed by atoms with Crippen LogP contribution in [0.1, 0.15) is 11.3 Å². The van der Waals surface area contributed by atoms with Crippen molar-refractivity contribution in [3.8, 4) is 11.3 Å². The van der Waals surface area contributed by atoms with Crippen molar-refractivity contribution in [3.63, 3.8) is 0 Å². The van der Waals surface area contributed by atoms with E-state index in [4.69, 9.17) is 16.0 Å². The van der Waals surface area contributed by atoms with Crippen LogP contribution in [0.5, 0.6) is 0 Å². The Morgan fingerprint density at radius 1 is 1.03 bits per heavy atom. The lowest BCUT2D eigenvalue weighted by molar-refractivity contribution is -0.122. The van der Waals surface area contributed by atoms with Gasteiger partial charge in [-0.2, -0.15) is 0 Å². The molecule has 8 heteroatoms. The molecule has 4 amide bonds. The van der Waals surface area contributed by atoms with E-state index in [9.17, 15) is 14.4 Å². The van der Waals surface area contributed by atoms with Crippen LogP contribution in [-0.2, 0) is 9.59 Å². The summed E-state index contributed by atoms with van der Waals surface area (Å²) in [7, 11) is 0. The number of anilines is 1. The fourth-order valence-corrected chi connectivity index (χ4v) is 3.37. The SMILES string of the molecule is Cc1cc(N2C(=O)NC(=O)/C(=C\c3ccc(-c4ccc(Cl)cc4)o3)C2=O)ccc1Br. The third-order valence-electron chi connectivity index (χ3n) is 4.54. The summed E-state index contributed by atoms with van der Waals surface area (Å²) in [5.74, 6) is -0.646. The van der Waals surface area contributed by atoms with E-state index >= 15 is 0 Å². The Hall–Kier alpha value is -3.16. The van der Waals surface area contributed by atoms with Crippen molar-refractivity contribution in [2.24, 2.45) is 0 Å². The van der Waals surface area contributed by atoms with Crippen molar-refractivity contribution < 1.29 is 18.8 Å². The largest absolute Gasteiger partial charge is 0.457 e. The Labute approximate surface area is 185 Å². The molecule has 0 bridgehead atoms. The average Bonchev–Trinajstić information content (AvgIpc) is 3.17. The summed E-state index contributed by atoms with van der Waals surface area (Å²) in [5, 5.41) is 2.80. The standard InChI is InChI=1S/C22H14BrClN2O4/c1-12-10-15(6-8-18(12)23)26-21(28)17(20(27)25-22(26)29)11-16-7-9-19(30-16)13-2-4-14(24)5-3-13/h2-11H,1H3,(H,25,27,29)/b17-11+. The number of imide groups is 2. The molecule has 1 fully saturated rings. The normalized spacial score (nSPS) is 15.6. The molecule has 2 heterocycles. The molecule has 0 atom stereocenters. The van der Waals surface area contributed by atoms with Gasteiger partial charge in [-0.1, -0.05) is 27.5 Å². The van der Waals surface area contributed by atoms with Crippen LogP contribution >= 0.6 is 27.5 Å². The minimum absolute atomic E-state index is 0.202. The minimum atomic E-state index is -0.801. The van der Waals surface area contributed by atoms with E-state index in [2.05, 4.69) is 21.2 Å². The van der Waals surface area contributed by atoms with Gasteiger partial charge in [0, 0.05) is 15.1 Å². The van der Waals surface area contributed by atoms with Gasteiger partial charge in [0.2, 0.25) is 0 Å². The molecule has 3 aromatic rings. The van der Waals surface area contributed by atoms with Crippen molar-refractivity contribution in [2.75, 3.05) is 4.90 Å². The van der Waals surface area contributed by atoms with Gasteiger partial charge in [-0.25, -0.2) is 9.69 Å². The molecule has 2 aromatic carbocycles. The summed E-state index contributed by atoms with van der Waals surface area (Å²) in [6.45, 7) is 1.84. The summed E-state index contributed by atoms with van der Waals surface area (Å²) >= 11 is 9.29. The maximum Gasteiger partial charge on any atom is 0.335 e. The molecule has 6 nitrogen and oxygen atoms in total. The van der Waals surface area contributed by atoms with Crippen LogP contribution in [0.4, 0.5) is 10.5 Å². The van der Waals surface area contributed by atoms with E-state index in [1.165, 1.54) is 6.08 Å². The fraction of sp³-hybridized carbons (Fsp3) is 0.0455. The molecule has 4 rings (SSSR count). The van der Waals surface area contributed by atoms with Crippen LogP contribution < -0.4 is 10.2 Å². The molecule has 0 saturated carbocycles. The van der Waals surface area contributed by atoms with Crippen LogP contribution in [0, 0.1) is 6.92 Å². The van der Waals surface area contributed by atoms with Gasteiger partial charge in [0.1, 0.15) is 17.1 Å². The van der Waals surface area contributed by atoms with E-state index < -0.39 is 17.8 Å². The zero-order chi connectivity index (χ0) is 21.4. The maximum absolute atomic E-state index is 13.0. The van der Waals surface area contributed by atoms with Crippen LogP contribution in [0.25, 0.3) is 17.4 Å². The van der Waals surface area contributed by atoms with Gasteiger partial charge >= 0.3 is 6.03 Å². The number of barbiturate groups is 1. The summed E-state index contributed by atoms with van der Waals surface area (Å²) in [6, 6.07) is 14.7. The van der Waals surface area contributed by atoms with Gasteiger partial charge in [-0.15, -0.1) is 0 Å². The Morgan fingerprint density at radius 2 is 1.77 bits per heavy atom. The predicted octanol–water partition coefficient (Wildman–Crippen LogP) is 5.34. The number of rotatable bonds is 3. The van der Waals surface area contributed by atoms with Crippen LogP contribution in [0.3, 0.4) is 0 Å². The van der Waals surface area contributed by atoms with Crippen molar-refractivity contribution in [3.05, 3.63) is 81.0 Å². The number of amides is 4. The third-order valence-corrected chi connectivity index (χ3v) is 5.69. The summed E-state index contributed by atoms with van der Waals surface area (Å²) < 4.78 is 6.59. The van der Waals surface area contributed by atoms with Gasteiger partial charge < -0.3 is 4.42 Å². The predicted molar refractivity (Wildman–Crippen MR) is 117 cm³/mol. The van der Waals surface area contributed by atoms with E-state index in [0.717, 1.165) is 20.5 Å². The number of carbonyl (C=O) groups is 3. The van der Waals surface area contributed by atoms with Gasteiger partial charge in [-0.05, 0) is 73.2 Å². The van der Waals surface area contributed by atoms with E-state index in [-0.39, 0.29) is 5.57 Å². The number of halogens is 2. The Bertz CT molecular complexity index is 1210. The zero-order valence-electron chi connectivity index (χ0n) is 15.6. The van der Waals surface area contributed by atoms with E-state index in [0.29, 0.717) is 22.2 Å². The van der Waals surface area contributed by atoms with Gasteiger partial charge in [0.15, 0.2) is 0 Å². The molecule has 1 aliphatic rings. The topological polar surface area (TPSA) is 79.6 Å². The van der Waals surface area contributed by atoms with Crippen molar-refractivity contribution in [1.29, 1.82) is 0 Å². The second-order valence-electron chi connectivity index (χ2n) is 6.60. The Morgan fingerprint density at radius 3 is 2.47 bits per heavy atom. The van der Waals surface area contributed by atoms with Crippen molar-refractivity contribution in [1.82, 2.24) is 5.32 Å². The number of carbonyl (C=O) groups excluding carboxylic acids is 3. The zero-order valence-corrected chi connectivity index (χ0v) is 18.0. The fourth-order valence-electron chi connectivity index (χ4n) is 3.00. The average molecular weight is 486 g/mol. The first-order chi connectivity index (χ1) is 14.3. The summed E-state index contributed by atoms with van der Waals surface area (Å²) in [4.78, 5) is 38.5. The highest BCUT2D eigenvalue weighted by Gasteiger charge is 2.37. The minimum Gasteiger partial charge on any atom is -0.457 e. The molecule has 30 heavy (non-hydrogen) atoms. The van der Waals surface area contributed by atoms with Crippen LogP contribution in [0.15, 0.2) is 69.1 Å². The molecule has 1 aliphatic heterocycles. The molecule has 1 aromatic heterocycles. The molecule has 0 spiro atoms. The number of hydrogen-bond donors (Lipinski definition) is 1. The Kier molecular flexibility index (Phi) is 5.32. The highest BCUT2D eigenvalue weighted by molar-refractivity contribution is 9.10. The first kappa shape index (κ1) is 20.1. The van der Waals surface area contributed by atoms with Crippen molar-refractivity contribution in [2.45, 2.75) is 6.92 Å². The quantitative estimate of drug-likeness (QED) is 0.401. The highest BCUT2D eigenvalue weighted by atomic mass is 79.9. The summed E-state index contributed by atoms with van der Waals surface area (Å²) in [6.07, 6.45) is 1.32. The first-order valence-corrected chi connectivity index (χ1v) is 10.0. The smallest absolute Gasteiger partial charge is 0.335 e. The highest BCUT2D eigenvalue weighted by Crippen LogP contribution is 2.28. The number of nitrogens with one attached hydrogen (secondary N) is 1. The molecular weight excluding hydrogens is 472 g/mol. The molecule has 1 saturated heterocycles. The number of benzene rings is 2. The number of furan rings is 1. The third kappa shape index (κ3) is 3.81. The van der Waals surface area contributed by atoms with Crippen LogP contribution in [-0.4, -0.2) is 17.8 Å². The number of nitrogens with zero attached hydrogens (tertiary/aromatic N) is 1. The van der Waals surface area contributed by atoms with Crippen LogP contribution in [0.2, 0.25) is 5.02 Å². The monoisotopic (exact) mass is 484 g/mol. The number of hydrogen-bond acceptors (Lipinski definition) is 4. The van der Waals surface area contributed by atoms with Gasteiger partial charge in [-0.3, -0.25) is 14.9 Å². The first-order valence-electron chi connectivity index (χ1n) is 8.87. The molecule has 0 unspecified atom stereocenters. The lowest BCUT2D eigenvalue weighted by Gasteiger charge is -2.26. The second-order valence-corrected chi connectivity index (χ2v) is 7.89. The molecule has 150 valence electrons. The number of aryl methyl sites for hydroxylation is 1. The lowest BCUT2D eigenvalue weighted by Crippen LogP contribution is -2.54. The molecule has 0 aliphatic carbocycles. The van der Waals surface area contributed by atoms with E-state index in [1.807, 2.05) is 6.92 Å². The maximum atomic E-state index is 13.0. The lowest BCUT2D eigenvalue weighted by atomic mass is 10.1. The molecular formula is C22H14BrClN2O4. The molecule has 1 N–H and O–H groups in total. The van der Waals surface area contributed by atoms with E-state index in [1.54, 1.807) is 54.6 Å².